The quantitative estimate of drug-likeness (QED) is 0.0222. The lowest BCUT2D eigenvalue weighted by Gasteiger charge is -2.21. The average Bonchev–Trinajstić information content (AvgIpc) is 3.70. The maximum atomic E-state index is 13.0. The second kappa shape index (κ2) is 57.9. The number of hydrogen-bond acceptors (Lipinski definition) is 15. The molecule has 7 atom stereocenters. The lowest BCUT2D eigenvalue weighted by molar-refractivity contribution is -0.161. The number of rotatable bonds is 65. The molecule has 0 spiro atoms. The van der Waals surface area contributed by atoms with E-state index < -0.39 is 97.5 Å². The van der Waals surface area contributed by atoms with Crippen LogP contribution in [0, 0.1) is 23.7 Å². The molecule has 0 aliphatic carbocycles. The Labute approximate surface area is 530 Å². The van der Waals surface area contributed by atoms with Crippen LogP contribution in [0.4, 0.5) is 0 Å². The summed E-state index contributed by atoms with van der Waals surface area (Å²) in [6.45, 7) is 14.0. The molecule has 3 N–H and O–H groups in total. The van der Waals surface area contributed by atoms with Crippen molar-refractivity contribution in [2.24, 2.45) is 23.7 Å². The van der Waals surface area contributed by atoms with E-state index in [9.17, 15) is 43.2 Å². The SMILES string of the molecule is CCC(C)CCCCCCCCCCCCC(=O)OC[C@H](COP(=O)(O)OC[C@@H](O)COP(=O)(O)OC[C@@H](COC(=O)CCCCCCCCC(C)C)OC(=O)CCCCCCCCCCCCCC(C)C)OC(=O)CCCCCCCCC(C)CC. The number of esters is 4. The van der Waals surface area contributed by atoms with E-state index in [0.717, 1.165) is 114 Å². The van der Waals surface area contributed by atoms with Crippen molar-refractivity contribution in [2.45, 2.75) is 350 Å². The van der Waals surface area contributed by atoms with Crippen LogP contribution in [-0.4, -0.2) is 96.7 Å². The van der Waals surface area contributed by atoms with Crippen molar-refractivity contribution < 1.29 is 80.2 Å². The summed E-state index contributed by atoms with van der Waals surface area (Å²) in [5.41, 5.74) is 0. The minimum Gasteiger partial charge on any atom is -0.462 e. The predicted octanol–water partition coefficient (Wildman–Crippen LogP) is 18.9. The van der Waals surface area contributed by atoms with Crippen molar-refractivity contribution in [1.29, 1.82) is 0 Å². The molecular weight excluding hydrogens is 1150 g/mol. The summed E-state index contributed by atoms with van der Waals surface area (Å²) >= 11 is 0. The lowest BCUT2D eigenvalue weighted by Crippen LogP contribution is -2.30. The van der Waals surface area contributed by atoms with Gasteiger partial charge in [0.2, 0.25) is 0 Å². The summed E-state index contributed by atoms with van der Waals surface area (Å²) in [6, 6.07) is 0. The Bertz CT molecular complexity index is 1730. The van der Waals surface area contributed by atoms with Crippen molar-refractivity contribution >= 4 is 39.5 Å². The van der Waals surface area contributed by atoms with E-state index in [2.05, 4.69) is 55.4 Å². The molecule has 0 amide bonds. The molecule has 87 heavy (non-hydrogen) atoms. The highest BCUT2D eigenvalue weighted by Crippen LogP contribution is 2.45. The van der Waals surface area contributed by atoms with Crippen LogP contribution in [0.2, 0.25) is 0 Å². The summed E-state index contributed by atoms with van der Waals surface area (Å²) in [6.07, 6.45) is 39.0. The maximum absolute atomic E-state index is 13.0. The summed E-state index contributed by atoms with van der Waals surface area (Å²) in [4.78, 5) is 72.4. The minimum absolute atomic E-state index is 0.102. The summed E-state index contributed by atoms with van der Waals surface area (Å²) in [7, 11) is -9.90. The largest absolute Gasteiger partial charge is 0.472 e. The van der Waals surface area contributed by atoms with Gasteiger partial charge in [0, 0.05) is 25.7 Å². The van der Waals surface area contributed by atoms with Crippen molar-refractivity contribution in [3.8, 4) is 0 Å². The van der Waals surface area contributed by atoms with Gasteiger partial charge in [-0.3, -0.25) is 37.3 Å². The van der Waals surface area contributed by atoms with Gasteiger partial charge >= 0.3 is 39.5 Å². The first-order chi connectivity index (χ1) is 41.7. The monoisotopic (exact) mass is 1280 g/mol. The second-order valence-corrected chi connectivity index (χ2v) is 28.9. The third-order valence-electron chi connectivity index (χ3n) is 16.3. The molecule has 0 bridgehead atoms. The highest BCUT2D eigenvalue weighted by molar-refractivity contribution is 7.47. The molecule has 0 radical (unpaired) electrons. The molecule has 0 aromatic rings. The number of phosphoric acid groups is 2. The highest BCUT2D eigenvalue weighted by Gasteiger charge is 2.30. The number of ether oxygens (including phenoxy) is 4. The normalized spacial score (nSPS) is 15.0. The standard InChI is InChI=1S/C68H132O17P2/c1-9-60(7)46-38-30-21-17-14-15-18-22-32-40-48-65(70)78-54-64(85-68(73)51-43-35-27-25-31-39-47-61(8)10-2)57-83-87(76,77)81-53-62(69)52-80-86(74,75)82-56-63(55-79-66(71)49-41-33-26-24-29-37-45-59(5)6)84-67(72)50-42-34-23-19-13-11-12-16-20-28-36-44-58(3)4/h58-64,69H,9-57H2,1-8H3,(H,74,75)(H,76,77)/t60?,61?,62-,63+,64+/m0/s1. The van der Waals surface area contributed by atoms with Crippen LogP contribution in [0.1, 0.15) is 331 Å². The average molecular weight is 1280 g/mol. The van der Waals surface area contributed by atoms with Crippen molar-refractivity contribution in [3.05, 3.63) is 0 Å². The highest BCUT2D eigenvalue weighted by atomic mass is 31.2. The zero-order chi connectivity index (χ0) is 64.7. The molecule has 0 rings (SSSR count). The fraction of sp³-hybridized carbons (Fsp3) is 0.941. The van der Waals surface area contributed by atoms with Crippen LogP contribution >= 0.6 is 15.6 Å². The Morgan fingerprint density at radius 3 is 0.816 bits per heavy atom. The molecule has 17 nitrogen and oxygen atoms in total. The second-order valence-electron chi connectivity index (χ2n) is 26.0. The Balaban J connectivity index is 5.24. The first-order valence-electron chi connectivity index (χ1n) is 35.3. The number of aliphatic hydroxyl groups is 1. The van der Waals surface area contributed by atoms with Crippen LogP contribution in [0.5, 0.6) is 0 Å². The van der Waals surface area contributed by atoms with Gasteiger partial charge in [0.05, 0.1) is 26.4 Å². The minimum atomic E-state index is -4.95. The number of carbonyl (C=O) groups excluding carboxylic acids is 4. The van der Waals surface area contributed by atoms with E-state index in [4.69, 9.17) is 37.0 Å². The lowest BCUT2D eigenvalue weighted by atomic mass is 9.99. The molecule has 0 saturated heterocycles. The topological polar surface area (TPSA) is 237 Å². The van der Waals surface area contributed by atoms with Crippen molar-refractivity contribution in [1.82, 2.24) is 0 Å². The van der Waals surface area contributed by atoms with Gasteiger partial charge in [-0.05, 0) is 49.4 Å². The van der Waals surface area contributed by atoms with Crippen LogP contribution in [0.3, 0.4) is 0 Å². The summed E-state index contributed by atoms with van der Waals surface area (Å²) < 4.78 is 68.2. The van der Waals surface area contributed by atoms with Gasteiger partial charge in [-0.2, -0.15) is 0 Å². The Kier molecular flexibility index (Phi) is 56.6. The first kappa shape index (κ1) is 85.1. The van der Waals surface area contributed by atoms with E-state index in [1.807, 2.05) is 0 Å². The third-order valence-corrected chi connectivity index (χ3v) is 18.2. The Morgan fingerprint density at radius 1 is 0.322 bits per heavy atom. The van der Waals surface area contributed by atoms with Crippen LogP contribution in [-0.2, 0) is 65.4 Å². The van der Waals surface area contributed by atoms with Crippen LogP contribution in [0.15, 0.2) is 0 Å². The van der Waals surface area contributed by atoms with Gasteiger partial charge in [0.1, 0.15) is 19.3 Å². The Hall–Kier alpha value is -1.94. The fourth-order valence-corrected chi connectivity index (χ4v) is 11.7. The maximum Gasteiger partial charge on any atom is 0.472 e. The van der Waals surface area contributed by atoms with Crippen LogP contribution < -0.4 is 0 Å². The molecule has 516 valence electrons. The van der Waals surface area contributed by atoms with Crippen molar-refractivity contribution in [2.75, 3.05) is 39.6 Å². The zero-order valence-corrected chi connectivity index (χ0v) is 58.4. The molecule has 0 heterocycles. The summed E-state index contributed by atoms with van der Waals surface area (Å²) in [5.74, 6) is 0.838. The van der Waals surface area contributed by atoms with E-state index in [1.165, 1.54) is 128 Å². The smallest absolute Gasteiger partial charge is 0.462 e. The molecular formula is C68H132O17P2. The van der Waals surface area contributed by atoms with E-state index in [0.29, 0.717) is 31.6 Å². The van der Waals surface area contributed by atoms with E-state index >= 15 is 0 Å². The molecule has 4 unspecified atom stereocenters. The predicted molar refractivity (Wildman–Crippen MR) is 349 cm³/mol. The molecule has 0 aromatic heterocycles. The third kappa shape index (κ3) is 60.1. The van der Waals surface area contributed by atoms with Gasteiger partial charge in [0.15, 0.2) is 12.2 Å². The summed E-state index contributed by atoms with van der Waals surface area (Å²) in [5, 5.41) is 10.6. The molecule has 0 aliphatic heterocycles. The molecule has 0 aromatic carbocycles. The van der Waals surface area contributed by atoms with Gasteiger partial charge in [-0.25, -0.2) is 9.13 Å². The number of hydrogen-bond donors (Lipinski definition) is 3. The van der Waals surface area contributed by atoms with Crippen molar-refractivity contribution in [3.63, 3.8) is 0 Å². The fourth-order valence-electron chi connectivity index (χ4n) is 10.1. The van der Waals surface area contributed by atoms with E-state index in [-0.39, 0.29) is 25.7 Å². The number of phosphoric ester groups is 2. The molecule has 0 aliphatic rings. The van der Waals surface area contributed by atoms with Gasteiger partial charge in [0.25, 0.3) is 0 Å². The Morgan fingerprint density at radius 2 is 0.552 bits per heavy atom. The molecule has 0 saturated carbocycles. The zero-order valence-electron chi connectivity index (χ0n) is 56.6. The van der Waals surface area contributed by atoms with Gasteiger partial charge in [-0.1, -0.05) is 280 Å². The number of carbonyl (C=O) groups is 4. The van der Waals surface area contributed by atoms with Crippen LogP contribution in [0.25, 0.3) is 0 Å². The van der Waals surface area contributed by atoms with E-state index in [1.54, 1.807) is 0 Å². The van der Waals surface area contributed by atoms with Gasteiger partial charge in [-0.15, -0.1) is 0 Å². The van der Waals surface area contributed by atoms with Gasteiger partial charge < -0.3 is 33.8 Å². The molecule has 19 heteroatoms. The number of aliphatic hydroxyl groups excluding tert-OH is 1. The number of unbranched alkanes of at least 4 members (excludes halogenated alkanes) is 29. The first-order valence-corrected chi connectivity index (χ1v) is 38.3. The molecule has 0 fully saturated rings.